The predicted molar refractivity (Wildman–Crippen MR) is 105 cm³/mol. The molecule has 0 radical (unpaired) electrons. The second kappa shape index (κ2) is 8.34. The van der Waals surface area contributed by atoms with E-state index in [1.165, 1.54) is 35.4 Å². The molecule has 5 nitrogen and oxygen atoms in total. The number of aryl methyl sites for hydroxylation is 2. The Morgan fingerprint density at radius 3 is 3.04 bits per heavy atom. The number of hydrogen-bond donors (Lipinski definition) is 2. The lowest BCUT2D eigenvalue weighted by Crippen LogP contribution is -2.33. The zero-order valence-electron chi connectivity index (χ0n) is 15.0. The number of fused-ring (bicyclic) bond motifs is 1. The minimum atomic E-state index is -0.0156. The molecule has 1 aliphatic heterocycles. The lowest BCUT2D eigenvalue weighted by Gasteiger charge is -2.31. The molecule has 0 atom stereocenters. The van der Waals surface area contributed by atoms with Crippen molar-refractivity contribution in [2.45, 2.75) is 33.1 Å². The smallest absolute Gasteiger partial charge is 0.263 e. The molecule has 0 unspecified atom stereocenters. The monoisotopic (exact) mass is 358 g/mol. The van der Waals surface area contributed by atoms with Crippen LogP contribution in [0, 0.1) is 6.92 Å². The molecule has 0 bridgehead atoms. The number of rotatable bonds is 7. The van der Waals surface area contributed by atoms with Crippen molar-refractivity contribution < 1.29 is 4.79 Å². The molecule has 1 aliphatic rings. The van der Waals surface area contributed by atoms with Gasteiger partial charge in [0, 0.05) is 31.9 Å². The summed E-state index contributed by atoms with van der Waals surface area (Å²) in [6, 6.07) is 8.64. The van der Waals surface area contributed by atoms with E-state index in [0.29, 0.717) is 11.4 Å². The van der Waals surface area contributed by atoms with E-state index in [2.05, 4.69) is 44.8 Å². The van der Waals surface area contributed by atoms with E-state index in [0.717, 1.165) is 36.9 Å². The quantitative estimate of drug-likeness (QED) is 0.744. The molecule has 2 N–H and O–H groups in total. The summed E-state index contributed by atoms with van der Waals surface area (Å²) >= 11 is 1.42. The summed E-state index contributed by atoms with van der Waals surface area (Å²) in [7, 11) is 0. The second-order valence-electron chi connectivity index (χ2n) is 6.29. The molecule has 134 valence electrons. The number of hydrogen-bond acceptors (Lipinski definition) is 5. The van der Waals surface area contributed by atoms with E-state index >= 15 is 0 Å². The van der Waals surface area contributed by atoms with Gasteiger partial charge >= 0.3 is 0 Å². The fourth-order valence-electron chi connectivity index (χ4n) is 3.23. The lowest BCUT2D eigenvalue weighted by atomic mass is 10.0. The average molecular weight is 359 g/mol. The van der Waals surface area contributed by atoms with Gasteiger partial charge in [0.25, 0.3) is 5.91 Å². The Morgan fingerprint density at radius 2 is 2.20 bits per heavy atom. The Labute approximate surface area is 153 Å². The Morgan fingerprint density at radius 1 is 1.36 bits per heavy atom. The van der Waals surface area contributed by atoms with Crippen LogP contribution in [0.25, 0.3) is 0 Å². The lowest BCUT2D eigenvalue weighted by molar-refractivity contribution is 0.0956. The summed E-state index contributed by atoms with van der Waals surface area (Å²) in [6.07, 6.45) is 3.32. The van der Waals surface area contributed by atoms with Crippen LogP contribution in [-0.2, 0) is 6.42 Å². The Bertz CT molecular complexity index is 728. The van der Waals surface area contributed by atoms with Crippen molar-refractivity contribution in [3.05, 3.63) is 40.4 Å². The normalized spacial score (nSPS) is 13.4. The van der Waals surface area contributed by atoms with Gasteiger partial charge in [0.15, 0.2) is 5.13 Å². The first-order valence-electron chi connectivity index (χ1n) is 9.01. The molecule has 2 aromatic rings. The number of benzene rings is 1. The van der Waals surface area contributed by atoms with Crippen LogP contribution in [0.2, 0.25) is 0 Å². The molecular formula is C19H26N4OS. The van der Waals surface area contributed by atoms with E-state index in [4.69, 9.17) is 0 Å². The van der Waals surface area contributed by atoms with E-state index in [1.807, 2.05) is 13.8 Å². The highest BCUT2D eigenvalue weighted by Crippen LogP contribution is 2.26. The largest absolute Gasteiger partial charge is 0.371 e. The molecule has 1 amide bonds. The highest BCUT2D eigenvalue weighted by atomic mass is 32.1. The van der Waals surface area contributed by atoms with Crippen LogP contribution in [0.3, 0.4) is 0 Å². The van der Waals surface area contributed by atoms with Crippen molar-refractivity contribution in [2.75, 3.05) is 36.4 Å². The van der Waals surface area contributed by atoms with Crippen LogP contribution in [0.4, 0.5) is 10.8 Å². The maximum Gasteiger partial charge on any atom is 0.263 e. The SMILES string of the molecule is CCNc1nc(C)c(C(=O)NCCCN2CCCc3ccccc32)s1. The molecule has 0 spiro atoms. The van der Waals surface area contributed by atoms with Crippen molar-refractivity contribution in [3.8, 4) is 0 Å². The van der Waals surface area contributed by atoms with Crippen molar-refractivity contribution in [1.29, 1.82) is 0 Å². The number of nitrogens with one attached hydrogen (secondary N) is 2. The van der Waals surface area contributed by atoms with E-state index in [-0.39, 0.29) is 5.91 Å². The number of amides is 1. The van der Waals surface area contributed by atoms with Gasteiger partial charge < -0.3 is 15.5 Å². The fraction of sp³-hybridized carbons (Fsp3) is 0.474. The topological polar surface area (TPSA) is 57.3 Å². The fourth-order valence-corrected chi connectivity index (χ4v) is 4.18. The van der Waals surface area contributed by atoms with E-state index in [1.54, 1.807) is 0 Å². The molecule has 0 fully saturated rings. The number of nitrogens with zero attached hydrogens (tertiary/aromatic N) is 2. The van der Waals surface area contributed by atoms with Gasteiger partial charge in [-0.3, -0.25) is 4.79 Å². The van der Waals surface area contributed by atoms with Crippen molar-refractivity contribution in [1.82, 2.24) is 10.3 Å². The predicted octanol–water partition coefficient (Wildman–Crippen LogP) is 3.46. The summed E-state index contributed by atoms with van der Waals surface area (Å²) in [6.45, 7) is 7.48. The molecule has 1 aromatic heterocycles. The Hall–Kier alpha value is -2.08. The first-order valence-corrected chi connectivity index (χ1v) is 9.83. The number of thiazole rings is 1. The number of carbonyl (C=O) groups is 1. The van der Waals surface area contributed by atoms with Gasteiger partial charge in [0.05, 0.1) is 5.69 Å². The van der Waals surface area contributed by atoms with Crippen LogP contribution in [0.5, 0.6) is 0 Å². The van der Waals surface area contributed by atoms with Crippen LogP contribution in [-0.4, -0.2) is 37.1 Å². The second-order valence-corrected chi connectivity index (χ2v) is 7.29. The molecule has 2 heterocycles. The number of aromatic nitrogens is 1. The van der Waals surface area contributed by atoms with Gasteiger partial charge in [-0.05, 0) is 44.7 Å². The van der Waals surface area contributed by atoms with Crippen LogP contribution < -0.4 is 15.5 Å². The molecule has 25 heavy (non-hydrogen) atoms. The molecule has 1 aromatic carbocycles. The van der Waals surface area contributed by atoms with Gasteiger partial charge in [-0.2, -0.15) is 0 Å². The third-order valence-electron chi connectivity index (χ3n) is 4.43. The third-order valence-corrected chi connectivity index (χ3v) is 5.54. The van der Waals surface area contributed by atoms with Crippen molar-refractivity contribution in [3.63, 3.8) is 0 Å². The van der Waals surface area contributed by atoms with Gasteiger partial charge in [0.2, 0.25) is 0 Å². The zero-order chi connectivity index (χ0) is 17.6. The molecule has 0 saturated carbocycles. The van der Waals surface area contributed by atoms with Gasteiger partial charge in [-0.15, -0.1) is 0 Å². The number of carbonyl (C=O) groups excluding carboxylic acids is 1. The maximum atomic E-state index is 12.4. The van der Waals surface area contributed by atoms with Gasteiger partial charge in [-0.1, -0.05) is 29.5 Å². The summed E-state index contributed by atoms with van der Waals surface area (Å²) in [5.41, 5.74) is 3.59. The Balaban J connectivity index is 1.48. The van der Waals surface area contributed by atoms with Crippen molar-refractivity contribution in [2.24, 2.45) is 0 Å². The number of anilines is 2. The molecular weight excluding hydrogens is 332 g/mol. The highest BCUT2D eigenvalue weighted by molar-refractivity contribution is 7.17. The first-order chi connectivity index (χ1) is 12.2. The third kappa shape index (κ3) is 4.31. The highest BCUT2D eigenvalue weighted by Gasteiger charge is 2.17. The van der Waals surface area contributed by atoms with Crippen LogP contribution in [0.15, 0.2) is 24.3 Å². The minimum Gasteiger partial charge on any atom is -0.371 e. The van der Waals surface area contributed by atoms with Crippen molar-refractivity contribution >= 4 is 28.1 Å². The Kier molecular flexibility index (Phi) is 5.91. The molecule has 0 aliphatic carbocycles. The van der Waals surface area contributed by atoms with Gasteiger partial charge in [0.1, 0.15) is 4.88 Å². The van der Waals surface area contributed by atoms with Crippen LogP contribution in [0.1, 0.15) is 40.7 Å². The zero-order valence-corrected chi connectivity index (χ0v) is 15.8. The summed E-state index contributed by atoms with van der Waals surface area (Å²) in [4.78, 5) is 19.9. The summed E-state index contributed by atoms with van der Waals surface area (Å²) in [5.74, 6) is -0.0156. The summed E-state index contributed by atoms with van der Waals surface area (Å²) in [5, 5.41) is 7.01. The number of para-hydroxylation sites is 1. The van der Waals surface area contributed by atoms with E-state index in [9.17, 15) is 4.79 Å². The van der Waals surface area contributed by atoms with Gasteiger partial charge in [-0.25, -0.2) is 4.98 Å². The molecule has 0 saturated heterocycles. The molecule has 6 heteroatoms. The van der Waals surface area contributed by atoms with E-state index < -0.39 is 0 Å². The minimum absolute atomic E-state index is 0.0156. The van der Waals surface area contributed by atoms with Crippen LogP contribution >= 0.6 is 11.3 Å². The first kappa shape index (κ1) is 17.7. The maximum absolute atomic E-state index is 12.4. The average Bonchev–Trinajstić information content (AvgIpc) is 2.99. The molecule has 3 rings (SSSR count). The standard InChI is InChI=1S/C19H26N4OS/c1-3-20-19-22-14(2)17(25-19)18(24)21-11-7-13-23-12-6-9-15-8-4-5-10-16(15)23/h4-5,8,10H,3,6-7,9,11-13H2,1-2H3,(H,20,22)(H,21,24). The summed E-state index contributed by atoms with van der Waals surface area (Å²) < 4.78 is 0.